The molecule has 1 aromatic carbocycles. The molecule has 19 heavy (non-hydrogen) atoms. The molecule has 1 aliphatic carbocycles. The van der Waals surface area contributed by atoms with Crippen molar-refractivity contribution in [3.8, 4) is 11.5 Å². The topological polar surface area (TPSA) is 64.7 Å². The number of aliphatic hydroxyl groups excluding tert-OH is 1. The summed E-state index contributed by atoms with van der Waals surface area (Å²) in [5, 5.41) is 9.29. The average Bonchev–Trinajstić information content (AvgIpc) is 2.92. The molecule has 1 saturated carbocycles. The van der Waals surface area contributed by atoms with Crippen LogP contribution in [0.15, 0.2) is 16.6 Å². The Hall–Kier alpha value is -0.780. The largest absolute Gasteiger partial charge is 0.493 e. The van der Waals surface area contributed by atoms with E-state index in [4.69, 9.17) is 15.2 Å². The molecule has 1 aliphatic rings. The van der Waals surface area contributed by atoms with Crippen LogP contribution in [0, 0.1) is 0 Å². The van der Waals surface area contributed by atoms with Crippen LogP contribution in [0.5, 0.6) is 11.5 Å². The highest BCUT2D eigenvalue weighted by Crippen LogP contribution is 2.39. The molecule has 106 valence electrons. The van der Waals surface area contributed by atoms with Gasteiger partial charge >= 0.3 is 0 Å². The molecular formula is C14H20BrNO3. The standard InChI is InChI=1S/C14H20BrNO3/c1-18-13-7-9(15)6-11(12(16)8-17)14(13)19-10-4-2-3-5-10/h6-7,10,12,17H,2-5,8,16H2,1H3. The van der Waals surface area contributed by atoms with Gasteiger partial charge in [0.05, 0.1) is 25.9 Å². The Kier molecular flexibility index (Phi) is 5.07. The summed E-state index contributed by atoms with van der Waals surface area (Å²) in [6.45, 7) is -0.124. The van der Waals surface area contributed by atoms with Gasteiger partial charge in [-0.15, -0.1) is 0 Å². The summed E-state index contributed by atoms with van der Waals surface area (Å²) in [7, 11) is 1.61. The van der Waals surface area contributed by atoms with Crippen molar-refractivity contribution in [2.24, 2.45) is 5.73 Å². The molecule has 1 aromatic rings. The first-order valence-electron chi connectivity index (χ1n) is 6.56. The molecule has 2 rings (SSSR count). The Bertz CT molecular complexity index is 433. The third kappa shape index (κ3) is 3.41. The van der Waals surface area contributed by atoms with E-state index in [9.17, 15) is 5.11 Å². The fourth-order valence-electron chi connectivity index (χ4n) is 2.41. The lowest BCUT2D eigenvalue weighted by atomic mass is 10.1. The highest BCUT2D eigenvalue weighted by molar-refractivity contribution is 9.10. The summed E-state index contributed by atoms with van der Waals surface area (Å²) in [5.41, 5.74) is 6.73. The zero-order valence-corrected chi connectivity index (χ0v) is 12.6. The number of benzene rings is 1. The van der Waals surface area contributed by atoms with Crippen molar-refractivity contribution in [1.82, 2.24) is 0 Å². The Morgan fingerprint density at radius 1 is 1.42 bits per heavy atom. The van der Waals surface area contributed by atoms with Crippen molar-refractivity contribution < 1.29 is 14.6 Å². The first-order chi connectivity index (χ1) is 9.15. The van der Waals surface area contributed by atoms with Crippen LogP contribution < -0.4 is 15.2 Å². The Morgan fingerprint density at radius 2 is 2.11 bits per heavy atom. The second-order valence-corrected chi connectivity index (χ2v) is 5.76. The number of rotatable bonds is 5. The van der Waals surface area contributed by atoms with E-state index in [1.807, 2.05) is 12.1 Å². The van der Waals surface area contributed by atoms with Crippen molar-refractivity contribution >= 4 is 15.9 Å². The van der Waals surface area contributed by atoms with Gasteiger partial charge in [0.2, 0.25) is 0 Å². The van der Waals surface area contributed by atoms with E-state index in [-0.39, 0.29) is 12.7 Å². The number of methoxy groups -OCH3 is 1. The van der Waals surface area contributed by atoms with Crippen LogP contribution >= 0.6 is 15.9 Å². The van der Waals surface area contributed by atoms with Crippen LogP contribution in [-0.4, -0.2) is 24.9 Å². The van der Waals surface area contributed by atoms with Crippen LogP contribution in [0.3, 0.4) is 0 Å². The number of nitrogens with two attached hydrogens (primary N) is 1. The molecule has 1 atom stereocenters. The van der Waals surface area contributed by atoms with Crippen LogP contribution in [-0.2, 0) is 0 Å². The minimum Gasteiger partial charge on any atom is -0.493 e. The van der Waals surface area contributed by atoms with Crippen molar-refractivity contribution in [3.05, 3.63) is 22.2 Å². The minimum absolute atomic E-state index is 0.124. The molecule has 1 fully saturated rings. The molecule has 0 saturated heterocycles. The third-order valence-electron chi connectivity index (χ3n) is 3.45. The maximum atomic E-state index is 9.29. The Morgan fingerprint density at radius 3 is 2.68 bits per heavy atom. The van der Waals surface area contributed by atoms with E-state index in [1.165, 1.54) is 12.8 Å². The van der Waals surface area contributed by atoms with Gasteiger partial charge in [-0.1, -0.05) is 15.9 Å². The number of ether oxygens (including phenoxy) is 2. The summed E-state index contributed by atoms with van der Waals surface area (Å²) in [6.07, 6.45) is 4.75. The summed E-state index contributed by atoms with van der Waals surface area (Å²) in [4.78, 5) is 0. The van der Waals surface area contributed by atoms with Gasteiger partial charge in [-0.25, -0.2) is 0 Å². The van der Waals surface area contributed by atoms with E-state index >= 15 is 0 Å². The van der Waals surface area contributed by atoms with Gasteiger partial charge in [-0.05, 0) is 37.8 Å². The van der Waals surface area contributed by atoms with Gasteiger partial charge in [0.1, 0.15) is 0 Å². The smallest absolute Gasteiger partial charge is 0.166 e. The number of halogens is 1. The van der Waals surface area contributed by atoms with Gasteiger partial charge in [0.15, 0.2) is 11.5 Å². The lowest BCUT2D eigenvalue weighted by molar-refractivity contribution is 0.194. The van der Waals surface area contributed by atoms with Crippen LogP contribution in [0.2, 0.25) is 0 Å². The molecule has 0 aliphatic heterocycles. The van der Waals surface area contributed by atoms with E-state index in [2.05, 4.69) is 15.9 Å². The summed E-state index contributed by atoms with van der Waals surface area (Å²) in [6, 6.07) is 3.27. The molecule has 0 radical (unpaired) electrons. The Balaban J connectivity index is 2.35. The molecule has 1 unspecified atom stereocenters. The normalized spacial score (nSPS) is 17.5. The van der Waals surface area contributed by atoms with Crippen LogP contribution in [0.4, 0.5) is 0 Å². The van der Waals surface area contributed by atoms with Gasteiger partial charge in [0.25, 0.3) is 0 Å². The Labute approximate surface area is 122 Å². The van der Waals surface area contributed by atoms with Gasteiger partial charge in [-0.2, -0.15) is 0 Å². The van der Waals surface area contributed by atoms with Crippen LogP contribution in [0.25, 0.3) is 0 Å². The first-order valence-corrected chi connectivity index (χ1v) is 7.35. The van der Waals surface area contributed by atoms with Crippen molar-refractivity contribution in [2.45, 2.75) is 37.8 Å². The maximum Gasteiger partial charge on any atom is 0.166 e. The number of hydrogen-bond donors (Lipinski definition) is 2. The van der Waals surface area contributed by atoms with Crippen molar-refractivity contribution in [3.63, 3.8) is 0 Å². The van der Waals surface area contributed by atoms with E-state index < -0.39 is 6.04 Å². The van der Waals surface area contributed by atoms with Crippen molar-refractivity contribution in [2.75, 3.05) is 13.7 Å². The van der Waals surface area contributed by atoms with Gasteiger partial charge in [0, 0.05) is 10.0 Å². The fraction of sp³-hybridized carbons (Fsp3) is 0.571. The molecule has 3 N–H and O–H groups in total. The number of hydrogen-bond acceptors (Lipinski definition) is 4. The molecule has 5 heteroatoms. The molecule has 0 bridgehead atoms. The molecule has 0 heterocycles. The second-order valence-electron chi connectivity index (χ2n) is 4.84. The minimum atomic E-state index is -0.470. The van der Waals surface area contributed by atoms with Crippen LogP contribution in [0.1, 0.15) is 37.3 Å². The van der Waals surface area contributed by atoms with Gasteiger partial charge in [-0.3, -0.25) is 0 Å². The quantitative estimate of drug-likeness (QED) is 0.871. The number of aliphatic hydroxyl groups is 1. The van der Waals surface area contributed by atoms with E-state index in [0.717, 1.165) is 22.9 Å². The third-order valence-corrected chi connectivity index (χ3v) is 3.91. The lowest BCUT2D eigenvalue weighted by Crippen LogP contribution is -2.19. The maximum absolute atomic E-state index is 9.29. The predicted molar refractivity (Wildman–Crippen MR) is 77.6 cm³/mol. The zero-order valence-electron chi connectivity index (χ0n) is 11.1. The average molecular weight is 330 g/mol. The summed E-state index contributed by atoms with van der Waals surface area (Å²) < 4.78 is 12.3. The molecule has 4 nitrogen and oxygen atoms in total. The molecular weight excluding hydrogens is 310 g/mol. The van der Waals surface area contributed by atoms with Gasteiger partial charge < -0.3 is 20.3 Å². The molecule has 0 aromatic heterocycles. The molecule has 0 spiro atoms. The van der Waals surface area contributed by atoms with Crippen molar-refractivity contribution in [1.29, 1.82) is 0 Å². The predicted octanol–water partition coefficient (Wildman–Crippen LogP) is 2.77. The fourth-order valence-corrected chi connectivity index (χ4v) is 2.87. The molecule has 0 amide bonds. The monoisotopic (exact) mass is 329 g/mol. The second kappa shape index (κ2) is 6.59. The highest BCUT2D eigenvalue weighted by atomic mass is 79.9. The SMILES string of the molecule is COc1cc(Br)cc(C(N)CO)c1OC1CCCC1. The van der Waals surface area contributed by atoms with E-state index in [0.29, 0.717) is 11.5 Å². The summed E-state index contributed by atoms with van der Waals surface area (Å²) in [5.74, 6) is 1.32. The highest BCUT2D eigenvalue weighted by Gasteiger charge is 2.23. The van der Waals surface area contributed by atoms with E-state index in [1.54, 1.807) is 7.11 Å². The first kappa shape index (κ1) is 14.6. The summed E-state index contributed by atoms with van der Waals surface area (Å²) >= 11 is 3.43. The lowest BCUT2D eigenvalue weighted by Gasteiger charge is -2.22. The zero-order chi connectivity index (χ0) is 13.8.